The molecule has 0 bridgehead atoms. The van der Waals surface area contributed by atoms with Gasteiger partial charge in [0.25, 0.3) is 0 Å². The molecule has 0 spiro atoms. The Kier molecular flexibility index (Phi) is 5.26. The van der Waals surface area contributed by atoms with Gasteiger partial charge in [-0.2, -0.15) is 0 Å². The molecule has 0 aromatic heterocycles. The molecule has 0 aliphatic heterocycles. The highest BCUT2D eigenvalue weighted by Gasteiger charge is 2.19. The van der Waals surface area contributed by atoms with Gasteiger partial charge in [0.1, 0.15) is 0 Å². The second-order valence-corrected chi connectivity index (χ2v) is 5.62. The first kappa shape index (κ1) is 14.8. The molecule has 2 nitrogen and oxygen atoms in total. The summed E-state index contributed by atoms with van der Waals surface area (Å²) in [6, 6.07) is 5.33. The monoisotopic (exact) mass is 275 g/mol. The van der Waals surface area contributed by atoms with Crippen LogP contribution in [0.4, 0.5) is 0 Å². The van der Waals surface area contributed by atoms with E-state index in [9.17, 15) is 0 Å². The summed E-state index contributed by atoms with van der Waals surface area (Å²) in [4.78, 5) is 0. The summed E-state index contributed by atoms with van der Waals surface area (Å²) in [6.45, 7) is 4.09. The van der Waals surface area contributed by atoms with Gasteiger partial charge in [-0.15, -0.1) is 0 Å². The molecule has 0 amide bonds. The van der Waals surface area contributed by atoms with Gasteiger partial charge in [0.2, 0.25) is 0 Å². The van der Waals surface area contributed by atoms with Gasteiger partial charge in [-0.05, 0) is 44.4 Å². The molecule has 1 aromatic rings. The summed E-state index contributed by atoms with van der Waals surface area (Å²) in [6.07, 6.45) is 1.70. The molecule has 0 aliphatic carbocycles. The fourth-order valence-electron chi connectivity index (χ4n) is 1.56. The first-order chi connectivity index (χ1) is 7.85. The smallest absolute Gasteiger partial charge is 0.0623 e. The van der Waals surface area contributed by atoms with Crippen molar-refractivity contribution in [1.29, 1.82) is 0 Å². The Morgan fingerprint density at radius 2 is 2.00 bits per heavy atom. The van der Waals surface area contributed by atoms with E-state index in [2.05, 4.69) is 0 Å². The van der Waals surface area contributed by atoms with Crippen LogP contribution in [-0.2, 0) is 4.74 Å². The fourth-order valence-corrected chi connectivity index (χ4v) is 2.11. The molecule has 0 heterocycles. The molecule has 0 saturated heterocycles. The second kappa shape index (κ2) is 6.05. The molecule has 2 N–H and O–H groups in total. The molecule has 17 heavy (non-hydrogen) atoms. The van der Waals surface area contributed by atoms with Gasteiger partial charge in [0.05, 0.1) is 5.60 Å². The lowest BCUT2D eigenvalue weighted by Gasteiger charge is -2.25. The van der Waals surface area contributed by atoms with Gasteiger partial charge in [-0.1, -0.05) is 29.3 Å². The van der Waals surface area contributed by atoms with Gasteiger partial charge in [-0.25, -0.2) is 0 Å². The summed E-state index contributed by atoms with van der Waals surface area (Å²) in [7, 11) is 1.71. The molecule has 96 valence electrons. The Balaban J connectivity index is 2.67. The summed E-state index contributed by atoms with van der Waals surface area (Å²) >= 11 is 12.0. The first-order valence-electron chi connectivity index (χ1n) is 5.61. The van der Waals surface area contributed by atoms with Gasteiger partial charge in [-0.3, -0.25) is 0 Å². The van der Waals surface area contributed by atoms with E-state index in [1.165, 1.54) is 0 Å². The van der Waals surface area contributed by atoms with Crippen molar-refractivity contribution in [3.8, 4) is 0 Å². The lowest BCUT2D eigenvalue weighted by atomic mass is 9.95. The maximum absolute atomic E-state index is 6.12. The fraction of sp³-hybridized carbons (Fsp3) is 0.538. The lowest BCUT2D eigenvalue weighted by molar-refractivity contribution is 0.0125. The first-order valence-corrected chi connectivity index (χ1v) is 6.37. The van der Waals surface area contributed by atoms with Crippen molar-refractivity contribution in [1.82, 2.24) is 0 Å². The third-order valence-electron chi connectivity index (χ3n) is 2.97. The van der Waals surface area contributed by atoms with Crippen molar-refractivity contribution in [2.24, 2.45) is 5.73 Å². The minimum atomic E-state index is -0.156. The zero-order valence-corrected chi connectivity index (χ0v) is 12.0. The van der Waals surface area contributed by atoms with Crippen molar-refractivity contribution in [2.45, 2.75) is 38.3 Å². The zero-order valence-electron chi connectivity index (χ0n) is 10.5. The normalized spacial score (nSPS) is 13.8. The summed E-state index contributed by atoms with van der Waals surface area (Å²) < 4.78 is 5.36. The number of rotatable bonds is 5. The van der Waals surface area contributed by atoms with E-state index < -0.39 is 0 Å². The average Bonchev–Trinajstić information content (AvgIpc) is 2.26. The summed E-state index contributed by atoms with van der Waals surface area (Å²) in [5, 5.41) is 1.25. The van der Waals surface area contributed by atoms with Crippen LogP contribution in [0.25, 0.3) is 0 Å². The molecule has 4 heteroatoms. The van der Waals surface area contributed by atoms with E-state index in [1.54, 1.807) is 13.2 Å². The van der Waals surface area contributed by atoms with Crippen LogP contribution < -0.4 is 5.73 Å². The van der Waals surface area contributed by atoms with Crippen LogP contribution >= 0.6 is 23.2 Å². The van der Waals surface area contributed by atoms with E-state index in [0.717, 1.165) is 18.4 Å². The standard InChI is InChI=1S/C13H19Cl2NO/c1-13(2,17-3)7-6-12(16)10-5-4-9(14)8-11(10)15/h4-5,8,12H,6-7,16H2,1-3H3. The Hall–Kier alpha value is -0.280. The number of methoxy groups -OCH3 is 1. The maximum Gasteiger partial charge on any atom is 0.0623 e. The van der Waals surface area contributed by atoms with Gasteiger partial charge in [0, 0.05) is 23.2 Å². The molecular formula is C13H19Cl2NO. The Morgan fingerprint density at radius 1 is 1.35 bits per heavy atom. The third kappa shape index (κ3) is 4.47. The van der Waals surface area contributed by atoms with Crippen LogP contribution in [0, 0.1) is 0 Å². The van der Waals surface area contributed by atoms with Crippen molar-refractivity contribution in [3.63, 3.8) is 0 Å². The topological polar surface area (TPSA) is 35.2 Å². The predicted molar refractivity (Wildman–Crippen MR) is 73.7 cm³/mol. The van der Waals surface area contributed by atoms with Crippen LogP contribution in [0.3, 0.4) is 0 Å². The largest absolute Gasteiger partial charge is 0.379 e. The van der Waals surface area contributed by atoms with Crippen molar-refractivity contribution >= 4 is 23.2 Å². The van der Waals surface area contributed by atoms with E-state index in [4.69, 9.17) is 33.7 Å². The Labute approximate surface area is 113 Å². The predicted octanol–water partition coefficient (Wildman–Crippen LogP) is 4.20. The third-order valence-corrected chi connectivity index (χ3v) is 3.53. The highest BCUT2D eigenvalue weighted by Crippen LogP contribution is 2.29. The molecule has 1 aromatic carbocycles. The number of halogens is 2. The average molecular weight is 276 g/mol. The number of nitrogens with two attached hydrogens (primary N) is 1. The zero-order chi connectivity index (χ0) is 13.1. The van der Waals surface area contributed by atoms with Crippen LogP contribution in [0.2, 0.25) is 10.0 Å². The van der Waals surface area contributed by atoms with Crippen LogP contribution in [0.15, 0.2) is 18.2 Å². The lowest BCUT2D eigenvalue weighted by Crippen LogP contribution is -2.24. The van der Waals surface area contributed by atoms with E-state index in [1.807, 2.05) is 26.0 Å². The van der Waals surface area contributed by atoms with E-state index in [-0.39, 0.29) is 11.6 Å². The highest BCUT2D eigenvalue weighted by molar-refractivity contribution is 6.35. The molecule has 0 aliphatic rings. The van der Waals surface area contributed by atoms with Crippen LogP contribution in [-0.4, -0.2) is 12.7 Å². The maximum atomic E-state index is 6.12. The van der Waals surface area contributed by atoms with Gasteiger partial charge in [0.15, 0.2) is 0 Å². The molecule has 1 unspecified atom stereocenters. The number of hydrogen-bond acceptors (Lipinski definition) is 2. The summed E-state index contributed by atoms with van der Waals surface area (Å²) in [5.41, 5.74) is 6.90. The number of ether oxygens (including phenoxy) is 1. The highest BCUT2D eigenvalue weighted by atomic mass is 35.5. The van der Waals surface area contributed by atoms with Crippen LogP contribution in [0.1, 0.15) is 38.3 Å². The number of benzene rings is 1. The quantitative estimate of drug-likeness (QED) is 0.874. The molecule has 0 radical (unpaired) electrons. The van der Waals surface area contributed by atoms with Crippen molar-refractivity contribution in [2.75, 3.05) is 7.11 Å². The van der Waals surface area contributed by atoms with E-state index in [0.29, 0.717) is 10.0 Å². The molecule has 0 fully saturated rings. The molecular weight excluding hydrogens is 257 g/mol. The SMILES string of the molecule is COC(C)(C)CCC(N)c1ccc(Cl)cc1Cl. The summed E-state index contributed by atoms with van der Waals surface area (Å²) in [5.74, 6) is 0. The number of hydrogen-bond donors (Lipinski definition) is 1. The second-order valence-electron chi connectivity index (χ2n) is 4.77. The van der Waals surface area contributed by atoms with Gasteiger partial charge < -0.3 is 10.5 Å². The minimum absolute atomic E-state index is 0.0887. The Bertz CT molecular complexity index is 380. The van der Waals surface area contributed by atoms with E-state index >= 15 is 0 Å². The molecule has 1 rings (SSSR count). The van der Waals surface area contributed by atoms with Gasteiger partial charge >= 0.3 is 0 Å². The van der Waals surface area contributed by atoms with Crippen LogP contribution in [0.5, 0.6) is 0 Å². The minimum Gasteiger partial charge on any atom is -0.379 e. The molecule has 0 saturated carbocycles. The van der Waals surface area contributed by atoms with Crippen molar-refractivity contribution in [3.05, 3.63) is 33.8 Å². The van der Waals surface area contributed by atoms with Crippen molar-refractivity contribution < 1.29 is 4.74 Å². The molecule has 1 atom stereocenters. The Morgan fingerprint density at radius 3 is 2.53 bits per heavy atom.